The van der Waals surface area contributed by atoms with E-state index in [9.17, 15) is 5.11 Å². The minimum absolute atomic E-state index is 0.241. The van der Waals surface area contributed by atoms with Gasteiger partial charge in [-0.25, -0.2) is 9.97 Å². The van der Waals surface area contributed by atoms with Crippen LogP contribution in [0.15, 0.2) is 79.0 Å². The monoisotopic (exact) mass is 420 g/mol. The summed E-state index contributed by atoms with van der Waals surface area (Å²) in [5, 5.41) is 16.5. The first-order chi connectivity index (χ1) is 15.8. The van der Waals surface area contributed by atoms with Gasteiger partial charge in [0.2, 0.25) is 0 Å². The maximum Gasteiger partial charge on any atom is 0.161 e. The number of hydrogen-bond acceptors (Lipinski definition) is 4. The lowest BCUT2D eigenvalue weighted by Gasteiger charge is -2.26. The van der Waals surface area contributed by atoms with Crippen LogP contribution in [0.3, 0.4) is 0 Å². The van der Waals surface area contributed by atoms with E-state index in [0.29, 0.717) is 0 Å². The van der Waals surface area contributed by atoms with E-state index in [1.807, 2.05) is 30.5 Å². The molecule has 0 aliphatic carbocycles. The maximum absolute atomic E-state index is 10.6. The number of aromatic hydroxyl groups is 1. The summed E-state index contributed by atoms with van der Waals surface area (Å²) < 4.78 is 2.25. The smallest absolute Gasteiger partial charge is 0.161 e. The number of phenolic OH excluding ortho intramolecular Hbond substituents is 1. The Morgan fingerprint density at radius 2 is 1.62 bits per heavy atom. The van der Waals surface area contributed by atoms with E-state index < -0.39 is 0 Å². The Hall–Kier alpha value is -3.70. The summed E-state index contributed by atoms with van der Waals surface area (Å²) in [6, 6.07) is 24.7. The summed E-state index contributed by atoms with van der Waals surface area (Å²) in [6.45, 7) is 1.93. The van der Waals surface area contributed by atoms with Gasteiger partial charge in [-0.2, -0.15) is 0 Å². The van der Waals surface area contributed by atoms with Gasteiger partial charge in [0.1, 0.15) is 17.1 Å². The zero-order valence-corrected chi connectivity index (χ0v) is 17.7. The zero-order chi connectivity index (χ0) is 21.5. The molecule has 5 aromatic rings. The van der Waals surface area contributed by atoms with Gasteiger partial charge in [-0.1, -0.05) is 48.5 Å². The van der Waals surface area contributed by atoms with Crippen LogP contribution in [0, 0.1) is 0 Å². The predicted molar refractivity (Wildman–Crippen MR) is 129 cm³/mol. The molecule has 0 radical (unpaired) electrons. The van der Waals surface area contributed by atoms with Crippen LogP contribution in [0.4, 0.5) is 0 Å². The van der Waals surface area contributed by atoms with Crippen LogP contribution < -0.4 is 5.32 Å². The number of imidazole rings is 1. The van der Waals surface area contributed by atoms with Gasteiger partial charge in [-0.3, -0.25) is 0 Å². The number of piperidine rings is 1. The number of nitrogens with one attached hydrogen (secondary N) is 1. The molecule has 5 nitrogen and oxygen atoms in total. The molecule has 1 aliphatic heterocycles. The zero-order valence-electron chi connectivity index (χ0n) is 17.7. The minimum atomic E-state index is 0.241. The lowest BCUT2D eigenvalue weighted by molar-refractivity contribution is 0.375. The normalized spacial score (nSPS) is 14.9. The molecular weight excluding hydrogens is 396 g/mol. The van der Waals surface area contributed by atoms with E-state index in [-0.39, 0.29) is 11.8 Å². The molecule has 2 aromatic heterocycles. The molecule has 0 spiro atoms. The molecule has 0 amide bonds. The molecule has 0 unspecified atom stereocenters. The van der Waals surface area contributed by atoms with Gasteiger partial charge in [0.25, 0.3) is 0 Å². The number of pyridine rings is 1. The molecule has 0 atom stereocenters. The second-order valence-electron chi connectivity index (χ2n) is 8.40. The third-order valence-electron chi connectivity index (χ3n) is 6.46. The number of fused-ring (bicyclic) bond motifs is 2. The lowest BCUT2D eigenvalue weighted by Crippen LogP contribution is -2.29. The molecule has 32 heavy (non-hydrogen) atoms. The Bertz CT molecular complexity index is 1430. The molecule has 1 fully saturated rings. The first-order valence-corrected chi connectivity index (χ1v) is 11.1. The molecule has 3 aromatic carbocycles. The van der Waals surface area contributed by atoms with E-state index in [1.165, 1.54) is 10.8 Å². The van der Waals surface area contributed by atoms with Crippen LogP contribution in [0.2, 0.25) is 0 Å². The van der Waals surface area contributed by atoms with Crippen molar-refractivity contribution in [2.75, 3.05) is 13.1 Å². The summed E-state index contributed by atoms with van der Waals surface area (Å²) in [5.74, 6) is 1.02. The highest BCUT2D eigenvalue weighted by atomic mass is 16.3. The third-order valence-corrected chi connectivity index (χ3v) is 6.46. The molecule has 5 heteroatoms. The molecule has 0 bridgehead atoms. The van der Waals surface area contributed by atoms with E-state index in [4.69, 9.17) is 9.97 Å². The Morgan fingerprint density at radius 3 is 2.47 bits per heavy atom. The lowest BCUT2D eigenvalue weighted by atomic mass is 10.0. The van der Waals surface area contributed by atoms with E-state index in [0.717, 1.165) is 59.6 Å². The van der Waals surface area contributed by atoms with Crippen molar-refractivity contribution in [3.63, 3.8) is 0 Å². The number of benzene rings is 3. The average molecular weight is 421 g/mol. The standard InChI is InChI=1S/C27H24N4O/c32-24-8-4-3-7-23(24)26-30-25-22(20-10-9-18-5-1-2-6-19(18)17-20)13-16-29-27(25)31(26)21-11-14-28-15-12-21/h1-10,13,16-17,21,28,32H,11-12,14-15H2. The fraction of sp³-hybridized carbons (Fsp3) is 0.185. The van der Waals surface area contributed by atoms with Gasteiger partial charge in [0, 0.05) is 17.8 Å². The van der Waals surface area contributed by atoms with Crippen molar-refractivity contribution in [3.8, 4) is 28.3 Å². The largest absolute Gasteiger partial charge is 0.507 e. The quantitative estimate of drug-likeness (QED) is 0.402. The van der Waals surface area contributed by atoms with E-state index in [1.54, 1.807) is 6.07 Å². The molecule has 158 valence electrons. The van der Waals surface area contributed by atoms with Crippen molar-refractivity contribution < 1.29 is 5.11 Å². The minimum Gasteiger partial charge on any atom is -0.507 e. The van der Waals surface area contributed by atoms with Crippen molar-refractivity contribution in [1.82, 2.24) is 19.9 Å². The SMILES string of the molecule is Oc1ccccc1-c1nc2c(-c3ccc4ccccc4c3)ccnc2n1C1CCNCC1. The summed E-state index contributed by atoms with van der Waals surface area (Å²) in [4.78, 5) is 9.87. The highest BCUT2D eigenvalue weighted by Crippen LogP contribution is 2.38. The fourth-order valence-corrected chi connectivity index (χ4v) is 4.84. The first-order valence-electron chi connectivity index (χ1n) is 11.1. The van der Waals surface area contributed by atoms with Crippen molar-refractivity contribution in [3.05, 3.63) is 79.0 Å². The molecule has 0 saturated carbocycles. The number of nitrogens with zero attached hydrogens (tertiary/aromatic N) is 3. The Labute approximate surface area is 186 Å². The van der Waals surface area contributed by atoms with Gasteiger partial charge in [-0.05, 0) is 66.5 Å². The maximum atomic E-state index is 10.6. The Kier molecular flexibility index (Phi) is 4.62. The topological polar surface area (TPSA) is 63.0 Å². The Balaban J connectivity index is 1.61. The Morgan fingerprint density at radius 1 is 0.844 bits per heavy atom. The highest BCUT2D eigenvalue weighted by Gasteiger charge is 2.25. The summed E-state index contributed by atoms with van der Waals surface area (Å²) in [6.07, 6.45) is 3.89. The first kappa shape index (κ1) is 19.0. The molecule has 3 heterocycles. The van der Waals surface area contributed by atoms with Crippen LogP contribution >= 0.6 is 0 Å². The van der Waals surface area contributed by atoms with Crippen molar-refractivity contribution in [2.24, 2.45) is 0 Å². The van der Waals surface area contributed by atoms with Gasteiger partial charge in [0.15, 0.2) is 5.65 Å². The van der Waals surface area contributed by atoms with Gasteiger partial charge >= 0.3 is 0 Å². The number of rotatable bonds is 3. The number of para-hydroxylation sites is 1. The van der Waals surface area contributed by atoms with E-state index >= 15 is 0 Å². The van der Waals surface area contributed by atoms with Crippen LogP contribution in [0.5, 0.6) is 5.75 Å². The van der Waals surface area contributed by atoms with Crippen molar-refractivity contribution in [1.29, 1.82) is 0 Å². The number of aromatic nitrogens is 3. The number of hydrogen-bond donors (Lipinski definition) is 2. The molecule has 1 aliphatic rings. The molecular formula is C27H24N4O. The summed E-state index contributed by atoms with van der Waals surface area (Å²) in [7, 11) is 0. The third kappa shape index (κ3) is 3.13. The second-order valence-corrected chi connectivity index (χ2v) is 8.40. The molecule has 6 rings (SSSR count). The highest BCUT2D eigenvalue weighted by molar-refractivity contribution is 5.96. The summed E-state index contributed by atoms with van der Waals surface area (Å²) in [5.41, 5.74) is 4.67. The number of phenols is 1. The van der Waals surface area contributed by atoms with Gasteiger partial charge in [0.05, 0.1) is 5.56 Å². The van der Waals surface area contributed by atoms with Gasteiger partial charge < -0.3 is 15.0 Å². The molecule has 2 N–H and O–H groups in total. The van der Waals surface area contributed by atoms with Crippen LogP contribution in [0.1, 0.15) is 18.9 Å². The summed E-state index contributed by atoms with van der Waals surface area (Å²) >= 11 is 0. The van der Waals surface area contributed by atoms with Gasteiger partial charge in [-0.15, -0.1) is 0 Å². The van der Waals surface area contributed by atoms with Crippen molar-refractivity contribution in [2.45, 2.75) is 18.9 Å². The predicted octanol–water partition coefficient (Wildman–Crippen LogP) is 5.55. The van der Waals surface area contributed by atoms with E-state index in [2.05, 4.69) is 52.3 Å². The average Bonchev–Trinajstić information content (AvgIpc) is 3.24. The van der Waals surface area contributed by atoms with Crippen LogP contribution in [-0.2, 0) is 0 Å². The van der Waals surface area contributed by atoms with Crippen LogP contribution in [-0.4, -0.2) is 32.7 Å². The van der Waals surface area contributed by atoms with Crippen molar-refractivity contribution >= 4 is 21.9 Å². The van der Waals surface area contributed by atoms with Crippen LogP contribution in [0.25, 0.3) is 44.5 Å². The fourth-order valence-electron chi connectivity index (χ4n) is 4.84. The second kappa shape index (κ2) is 7.77. The molecule has 1 saturated heterocycles.